The van der Waals surface area contributed by atoms with Crippen molar-refractivity contribution >= 4 is 21.8 Å². The number of amides is 1. The highest BCUT2D eigenvalue weighted by molar-refractivity contribution is 9.10. The first-order chi connectivity index (χ1) is 8.61. The summed E-state index contributed by atoms with van der Waals surface area (Å²) < 4.78 is 1.02. The first-order valence-electron chi connectivity index (χ1n) is 6.32. The minimum Gasteiger partial charge on any atom is -0.338 e. The largest absolute Gasteiger partial charge is 0.338 e. The van der Waals surface area contributed by atoms with E-state index in [1.807, 2.05) is 37.1 Å². The van der Waals surface area contributed by atoms with Crippen molar-refractivity contribution in [2.24, 2.45) is 5.92 Å². The summed E-state index contributed by atoms with van der Waals surface area (Å²) in [5.41, 5.74) is 1.86. The number of nitrogens with zero attached hydrogens (tertiary/aromatic N) is 1. The van der Waals surface area contributed by atoms with E-state index in [1.165, 1.54) is 0 Å². The second-order valence-corrected chi connectivity index (χ2v) is 5.84. The highest BCUT2D eigenvalue weighted by Gasteiger charge is 2.27. The van der Waals surface area contributed by atoms with Crippen molar-refractivity contribution < 1.29 is 4.79 Å². The molecule has 0 spiro atoms. The van der Waals surface area contributed by atoms with Crippen LogP contribution in [0.5, 0.6) is 0 Å². The van der Waals surface area contributed by atoms with Crippen molar-refractivity contribution in [3.8, 4) is 0 Å². The van der Waals surface area contributed by atoms with Gasteiger partial charge >= 0.3 is 0 Å². The van der Waals surface area contributed by atoms with Crippen LogP contribution in [0, 0.1) is 12.8 Å². The van der Waals surface area contributed by atoms with Crippen molar-refractivity contribution in [2.45, 2.75) is 13.3 Å². The number of hydrogen-bond donors (Lipinski definition) is 1. The van der Waals surface area contributed by atoms with Crippen molar-refractivity contribution in [1.29, 1.82) is 0 Å². The maximum atomic E-state index is 12.4. The highest BCUT2D eigenvalue weighted by Crippen LogP contribution is 2.21. The number of likely N-dealkylation sites (tertiary alicyclic amines) is 1. The summed E-state index contributed by atoms with van der Waals surface area (Å²) in [6, 6.07) is 5.84. The molecule has 3 nitrogen and oxygen atoms in total. The lowest BCUT2D eigenvalue weighted by Crippen LogP contribution is -2.30. The van der Waals surface area contributed by atoms with Gasteiger partial charge in [-0.1, -0.05) is 15.9 Å². The fraction of sp³-hybridized carbons (Fsp3) is 0.500. The van der Waals surface area contributed by atoms with Gasteiger partial charge in [0.25, 0.3) is 5.91 Å². The van der Waals surface area contributed by atoms with E-state index in [0.29, 0.717) is 5.92 Å². The van der Waals surface area contributed by atoms with E-state index in [9.17, 15) is 4.79 Å². The van der Waals surface area contributed by atoms with Gasteiger partial charge in [0.2, 0.25) is 0 Å². The van der Waals surface area contributed by atoms with Crippen LogP contribution in [0.15, 0.2) is 22.7 Å². The van der Waals surface area contributed by atoms with Gasteiger partial charge in [0.15, 0.2) is 0 Å². The van der Waals surface area contributed by atoms with Gasteiger partial charge in [0, 0.05) is 23.1 Å². The quantitative estimate of drug-likeness (QED) is 0.930. The lowest BCUT2D eigenvalue weighted by molar-refractivity contribution is 0.0786. The van der Waals surface area contributed by atoms with Gasteiger partial charge in [-0.05, 0) is 56.6 Å². The van der Waals surface area contributed by atoms with Gasteiger partial charge in [-0.2, -0.15) is 0 Å². The molecule has 1 N–H and O–H groups in total. The molecular formula is C14H19BrN2O. The zero-order valence-electron chi connectivity index (χ0n) is 10.9. The van der Waals surface area contributed by atoms with Crippen LogP contribution in [-0.4, -0.2) is 37.5 Å². The summed E-state index contributed by atoms with van der Waals surface area (Å²) in [5, 5.41) is 3.18. The van der Waals surface area contributed by atoms with E-state index in [2.05, 4.69) is 21.2 Å². The van der Waals surface area contributed by atoms with E-state index in [-0.39, 0.29) is 5.91 Å². The molecule has 98 valence electrons. The van der Waals surface area contributed by atoms with Gasteiger partial charge in [-0.3, -0.25) is 4.79 Å². The first kappa shape index (κ1) is 13.6. The maximum absolute atomic E-state index is 12.4. The van der Waals surface area contributed by atoms with E-state index >= 15 is 0 Å². The van der Waals surface area contributed by atoms with E-state index in [0.717, 1.165) is 41.7 Å². The molecule has 1 amide bonds. The number of hydrogen-bond acceptors (Lipinski definition) is 2. The molecule has 0 saturated carbocycles. The average Bonchev–Trinajstić information content (AvgIpc) is 2.77. The number of rotatable bonds is 3. The Balaban J connectivity index is 2.08. The third kappa shape index (κ3) is 2.93. The summed E-state index contributed by atoms with van der Waals surface area (Å²) in [6.45, 7) is 4.72. The molecule has 0 aromatic heterocycles. The Labute approximate surface area is 117 Å². The lowest BCUT2D eigenvalue weighted by Gasteiger charge is -2.18. The normalized spacial score (nSPS) is 19.3. The molecule has 1 unspecified atom stereocenters. The number of halogens is 1. The topological polar surface area (TPSA) is 32.3 Å². The number of carbonyl (C=O) groups excluding carboxylic acids is 1. The summed E-state index contributed by atoms with van der Waals surface area (Å²) >= 11 is 3.43. The molecule has 4 heteroatoms. The number of benzene rings is 1. The van der Waals surface area contributed by atoms with Crippen LogP contribution in [0.1, 0.15) is 22.3 Å². The molecule has 1 atom stereocenters. The molecule has 18 heavy (non-hydrogen) atoms. The van der Waals surface area contributed by atoms with Gasteiger partial charge in [-0.15, -0.1) is 0 Å². The molecule has 1 aliphatic heterocycles. The zero-order chi connectivity index (χ0) is 13.1. The van der Waals surface area contributed by atoms with Crippen LogP contribution in [0.2, 0.25) is 0 Å². The predicted octanol–water partition coefficient (Wildman–Crippen LogP) is 2.44. The van der Waals surface area contributed by atoms with Gasteiger partial charge in [0.1, 0.15) is 0 Å². The fourth-order valence-electron chi connectivity index (χ4n) is 2.51. The molecule has 1 aliphatic rings. The summed E-state index contributed by atoms with van der Waals surface area (Å²) in [5.74, 6) is 0.758. The smallest absolute Gasteiger partial charge is 0.254 e. The van der Waals surface area contributed by atoms with E-state index in [4.69, 9.17) is 0 Å². The van der Waals surface area contributed by atoms with E-state index in [1.54, 1.807) is 0 Å². The Bertz CT molecular complexity index is 447. The molecule has 0 aliphatic carbocycles. The van der Waals surface area contributed by atoms with Gasteiger partial charge < -0.3 is 10.2 Å². The molecule has 2 rings (SSSR count). The molecule has 1 aromatic carbocycles. The Kier molecular flexibility index (Phi) is 4.40. The lowest BCUT2D eigenvalue weighted by atomic mass is 10.1. The molecule has 0 bridgehead atoms. The van der Waals surface area contributed by atoms with Crippen molar-refractivity contribution in [1.82, 2.24) is 10.2 Å². The molecule has 0 radical (unpaired) electrons. The second kappa shape index (κ2) is 5.85. The van der Waals surface area contributed by atoms with E-state index < -0.39 is 0 Å². The van der Waals surface area contributed by atoms with Crippen LogP contribution in [0.4, 0.5) is 0 Å². The molecule has 1 heterocycles. The summed E-state index contributed by atoms with van der Waals surface area (Å²) in [7, 11) is 1.96. The van der Waals surface area contributed by atoms with Crippen LogP contribution in [0.25, 0.3) is 0 Å². The zero-order valence-corrected chi connectivity index (χ0v) is 12.5. The molecule has 1 aromatic rings. The van der Waals surface area contributed by atoms with Crippen LogP contribution < -0.4 is 5.32 Å². The van der Waals surface area contributed by atoms with Gasteiger partial charge in [0.05, 0.1) is 0 Å². The van der Waals surface area contributed by atoms with Crippen LogP contribution >= 0.6 is 15.9 Å². The van der Waals surface area contributed by atoms with Crippen molar-refractivity contribution in [2.75, 3.05) is 26.7 Å². The molecular weight excluding hydrogens is 292 g/mol. The molecule has 1 saturated heterocycles. The van der Waals surface area contributed by atoms with Crippen molar-refractivity contribution in [3.63, 3.8) is 0 Å². The second-order valence-electron chi connectivity index (χ2n) is 4.92. The summed E-state index contributed by atoms with van der Waals surface area (Å²) in [4.78, 5) is 14.4. The Morgan fingerprint density at radius 2 is 2.33 bits per heavy atom. The first-order valence-corrected chi connectivity index (χ1v) is 7.11. The summed E-state index contributed by atoms with van der Waals surface area (Å²) in [6.07, 6.45) is 1.10. The minimum atomic E-state index is 0.165. The SMILES string of the molecule is CNCC1CCN(C(=O)c2ccc(Br)cc2C)C1. The number of aryl methyl sites for hydroxylation is 1. The minimum absolute atomic E-state index is 0.165. The number of carbonyl (C=O) groups is 1. The van der Waals surface area contributed by atoms with Crippen LogP contribution in [0.3, 0.4) is 0 Å². The number of nitrogens with one attached hydrogen (secondary N) is 1. The average molecular weight is 311 g/mol. The predicted molar refractivity (Wildman–Crippen MR) is 76.8 cm³/mol. The van der Waals surface area contributed by atoms with Crippen molar-refractivity contribution in [3.05, 3.63) is 33.8 Å². The Hall–Kier alpha value is -0.870. The third-order valence-corrected chi connectivity index (χ3v) is 3.98. The highest BCUT2D eigenvalue weighted by atomic mass is 79.9. The Morgan fingerprint density at radius 1 is 1.56 bits per heavy atom. The molecule has 1 fully saturated rings. The van der Waals surface area contributed by atoms with Crippen LogP contribution in [-0.2, 0) is 0 Å². The fourth-order valence-corrected chi connectivity index (χ4v) is 2.99. The third-order valence-electron chi connectivity index (χ3n) is 3.48. The maximum Gasteiger partial charge on any atom is 0.254 e. The Morgan fingerprint density at radius 3 is 3.00 bits per heavy atom. The monoisotopic (exact) mass is 310 g/mol. The standard InChI is InChI=1S/C14H19BrN2O/c1-10-7-12(15)3-4-13(10)14(18)17-6-5-11(9-17)8-16-2/h3-4,7,11,16H,5-6,8-9H2,1-2H3. The van der Waals surface area contributed by atoms with Gasteiger partial charge in [-0.25, -0.2) is 0 Å².